The third-order valence-corrected chi connectivity index (χ3v) is 3.97. The number of nitrogens with zero attached hydrogens (tertiary/aromatic N) is 2. The summed E-state index contributed by atoms with van der Waals surface area (Å²) in [5.41, 5.74) is 9.68. The van der Waals surface area contributed by atoms with Gasteiger partial charge in [-0.15, -0.1) is 0 Å². The van der Waals surface area contributed by atoms with Gasteiger partial charge in [-0.2, -0.15) is 5.10 Å². The fourth-order valence-corrected chi connectivity index (χ4v) is 2.48. The summed E-state index contributed by atoms with van der Waals surface area (Å²) in [4.78, 5) is 4.56. The van der Waals surface area contributed by atoms with Gasteiger partial charge in [0.2, 0.25) is 0 Å². The maximum absolute atomic E-state index is 6.26. The molecule has 0 saturated heterocycles. The first kappa shape index (κ1) is 15.4. The number of benzene rings is 2. The molecule has 1 atom stereocenters. The predicted octanol–water partition coefficient (Wildman–Crippen LogP) is 3.82. The molecule has 23 heavy (non-hydrogen) atoms. The molecule has 3 aromatic rings. The van der Waals surface area contributed by atoms with Gasteiger partial charge in [-0.25, -0.2) is 4.98 Å². The van der Waals surface area contributed by atoms with Crippen molar-refractivity contribution in [3.63, 3.8) is 0 Å². The summed E-state index contributed by atoms with van der Waals surface area (Å²) < 4.78 is 0. The SMILES string of the molecule is CC(C)(C)c1ccc(-c2n[nH]c([C@@H](N)c3ccccc3)n2)cc1. The maximum atomic E-state index is 6.26. The summed E-state index contributed by atoms with van der Waals surface area (Å²) in [7, 11) is 0. The van der Waals surface area contributed by atoms with E-state index < -0.39 is 0 Å². The molecule has 1 heterocycles. The van der Waals surface area contributed by atoms with Crippen LogP contribution < -0.4 is 5.73 Å². The van der Waals surface area contributed by atoms with Crippen LogP contribution in [-0.4, -0.2) is 15.2 Å². The second-order valence-corrected chi connectivity index (χ2v) is 6.76. The number of nitrogens with one attached hydrogen (secondary N) is 1. The van der Waals surface area contributed by atoms with Crippen LogP contribution in [0.5, 0.6) is 0 Å². The molecule has 0 amide bonds. The molecule has 0 spiro atoms. The predicted molar refractivity (Wildman–Crippen MR) is 93.0 cm³/mol. The first-order valence-electron chi connectivity index (χ1n) is 7.79. The normalized spacial score (nSPS) is 13.0. The van der Waals surface area contributed by atoms with Crippen molar-refractivity contribution in [2.75, 3.05) is 0 Å². The van der Waals surface area contributed by atoms with Crippen molar-refractivity contribution in [3.8, 4) is 11.4 Å². The maximum Gasteiger partial charge on any atom is 0.181 e. The monoisotopic (exact) mass is 306 g/mol. The van der Waals surface area contributed by atoms with Crippen LogP contribution in [0, 0.1) is 0 Å². The summed E-state index contributed by atoms with van der Waals surface area (Å²) in [6.45, 7) is 6.60. The van der Waals surface area contributed by atoms with Crippen molar-refractivity contribution in [1.29, 1.82) is 0 Å². The highest BCUT2D eigenvalue weighted by Gasteiger charge is 2.16. The topological polar surface area (TPSA) is 67.6 Å². The van der Waals surface area contributed by atoms with Gasteiger partial charge < -0.3 is 5.73 Å². The van der Waals surface area contributed by atoms with E-state index in [1.807, 2.05) is 30.3 Å². The van der Waals surface area contributed by atoms with Crippen LogP contribution in [0.25, 0.3) is 11.4 Å². The number of H-pyrrole nitrogens is 1. The molecule has 2 aromatic carbocycles. The van der Waals surface area contributed by atoms with Gasteiger partial charge in [0.15, 0.2) is 5.82 Å². The molecule has 3 N–H and O–H groups in total. The molecule has 3 rings (SSSR count). The number of nitrogens with two attached hydrogens (primary N) is 1. The Hall–Kier alpha value is -2.46. The zero-order valence-electron chi connectivity index (χ0n) is 13.7. The van der Waals surface area contributed by atoms with E-state index in [-0.39, 0.29) is 11.5 Å². The van der Waals surface area contributed by atoms with Crippen LogP contribution in [0.2, 0.25) is 0 Å². The highest BCUT2D eigenvalue weighted by Crippen LogP contribution is 2.25. The van der Waals surface area contributed by atoms with Crippen molar-refractivity contribution in [2.45, 2.75) is 32.2 Å². The van der Waals surface area contributed by atoms with Crippen LogP contribution in [-0.2, 0) is 5.41 Å². The number of aromatic nitrogens is 3. The Labute approximate surface area is 136 Å². The van der Waals surface area contributed by atoms with Crippen molar-refractivity contribution < 1.29 is 0 Å². The van der Waals surface area contributed by atoms with Crippen LogP contribution >= 0.6 is 0 Å². The molecular weight excluding hydrogens is 284 g/mol. The molecule has 0 aliphatic heterocycles. The third-order valence-electron chi connectivity index (χ3n) is 3.97. The minimum absolute atomic E-state index is 0.137. The zero-order valence-corrected chi connectivity index (χ0v) is 13.7. The van der Waals surface area contributed by atoms with Crippen molar-refractivity contribution >= 4 is 0 Å². The molecule has 1 aromatic heterocycles. The Balaban J connectivity index is 1.85. The Morgan fingerprint density at radius 1 is 0.957 bits per heavy atom. The van der Waals surface area contributed by atoms with Gasteiger partial charge in [-0.1, -0.05) is 75.4 Å². The van der Waals surface area contributed by atoms with Crippen molar-refractivity contribution in [1.82, 2.24) is 15.2 Å². The molecule has 0 aliphatic rings. The van der Waals surface area contributed by atoms with Crippen molar-refractivity contribution in [2.24, 2.45) is 5.73 Å². The van der Waals surface area contributed by atoms with Gasteiger partial charge >= 0.3 is 0 Å². The third kappa shape index (κ3) is 3.32. The number of hydrogen-bond acceptors (Lipinski definition) is 3. The highest BCUT2D eigenvalue weighted by molar-refractivity contribution is 5.55. The lowest BCUT2D eigenvalue weighted by molar-refractivity contribution is 0.590. The van der Waals surface area contributed by atoms with E-state index >= 15 is 0 Å². The minimum atomic E-state index is -0.300. The Morgan fingerprint density at radius 3 is 2.22 bits per heavy atom. The van der Waals surface area contributed by atoms with Gasteiger partial charge in [0.25, 0.3) is 0 Å². The molecule has 0 unspecified atom stereocenters. The van der Waals surface area contributed by atoms with E-state index in [0.717, 1.165) is 11.1 Å². The number of aromatic amines is 1. The Bertz CT molecular complexity index is 767. The molecule has 4 heteroatoms. The fraction of sp³-hybridized carbons (Fsp3) is 0.263. The molecule has 0 saturated carbocycles. The first-order valence-corrected chi connectivity index (χ1v) is 7.79. The largest absolute Gasteiger partial charge is 0.318 e. The lowest BCUT2D eigenvalue weighted by Gasteiger charge is -2.18. The van der Waals surface area contributed by atoms with Crippen LogP contribution in [0.3, 0.4) is 0 Å². The van der Waals surface area contributed by atoms with E-state index in [1.54, 1.807) is 0 Å². The average molecular weight is 306 g/mol. The Morgan fingerprint density at radius 2 is 1.61 bits per heavy atom. The molecule has 4 nitrogen and oxygen atoms in total. The summed E-state index contributed by atoms with van der Waals surface area (Å²) in [5, 5.41) is 7.27. The first-order chi connectivity index (χ1) is 10.9. The second kappa shape index (κ2) is 5.97. The zero-order chi connectivity index (χ0) is 16.4. The lowest BCUT2D eigenvalue weighted by atomic mass is 9.87. The van der Waals surface area contributed by atoms with Crippen molar-refractivity contribution in [3.05, 3.63) is 71.5 Å². The van der Waals surface area contributed by atoms with Crippen LogP contribution in [0.15, 0.2) is 54.6 Å². The minimum Gasteiger partial charge on any atom is -0.318 e. The summed E-state index contributed by atoms with van der Waals surface area (Å²) in [6.07, 6.45) is 0. The standard InChI is InChI=1S/C19H22N4/c1-19(2,3)15-11-9-14(10-12-15)17-21-18(23-22-17)16(20)13-7-5-4-6-8-13/h4-12,16H,20H2,1-3H3,(H,21,22,23)/t16-/m0/s1. The molecule has 118 valence electrons. The smallest absolute Gasteiger partial charge is 0.181 e. The molecule has 0 radical (unpaired) electrons. The van der Waals surface area contributed by atoms with Gasteiger partial charge in [-0.3, -0.25) is 5.10 Å². The molecule has 0 fully saturated rings. The van der Waals surface area contributed by atoms with Gasteiger partial charge in [0, 0.05) is 5.56 Å². The van der Waals surface area contributed by atoms with Crippen LogP contribution in [0.1, 0.15) is 43.8 Å². The van der Waals surface area contributed by atoms with E-state index in [9.17, 15) is 0 Å². The van der Waals surface area contributed by atoms with E-state index in [1.165, 1.54) is 5.56 Å². The molecule has 0 aliphatic carbocycles. The Kier molecular flexibility index (Phi) is 4.01. The average Bonchev–Trinajstić information content (AvgIpc) is 3.04. The van der Waals surface area contributed by atoms with Gasteiger partial charge in [-0.05, 0) is 16.5 Å². The summed E-state index contributed by atoms with van der Waals surface area (Å²) >= 11 is 0. The second-order valence-electron chi connectivity index (χ2n) is 6.76. The number of rotatable bonds is 3. The fourth-order valence-electron chi connectivity index (χ4n) is 2.48. The summed E-state index contributed by atoms with van der Waals surface area (Å²) in [6, 6.07) is 18.0. The lowest BCUT2D eigenvalue weighted by Crippen LogP contribution is -2.13. The number of hydrogen-bond donors (Lipinski definition) is 2. The quantitative estimate of drug-likeness (QED) is 0.773. The van der Waals surface area contributed by atoms with E-state index in [0.29, 0.717) is 11.6 Å². The summed E-state index contributed by atoms with van der Waals surface area (Å²) in [5.74, 6) is 1.35. The molecular formula is C19H22N4. The molecule has 0 bridgehead atoms. The van der Waals surface area contributed by atoms with E-state index in [4.69, 9.17) is 5.73 Å². The van der Waals surface area contributed by atoms with Gasteiger partial charge in [0.1, 0.15) is 5.82 Å². The highest BCUT2D eigenvalue weighted by atomic mass is 15.2. The van der Waals surface area contributed by atoms with Gasteiger partial charge in [0.05, 0.1) is 6.04 Å². The van der Waals surface area contributed by atoms with Crippen LogP contribution in [0.4, 0.5) is 0 Å². The van der Waals surface area contributed by atoms with E-state index in [2.05, 4.69) is 60.2 Å².